The van der Waals surface area contributed by atoms with Crippen LogP contribution >= 0.6 is 11.8 Å². The van der Waals surface area contributed by atoms with Crippen LogP contribution in [0, 0.1) is 0 Å². The molecular formula is C23H22N4O2S. The topological polar surface area (TPSA) is 68.5 Å². The van der Waals surface area contributed by atoms with Gasteiger partial charge in [-0.15, -0.1) is 11.8 Å². The molecule has 0 saturated heterocycles. The van der Waals surface area contributed by atoms with Crippen molar-refractivity contribution < 1.29 is 9.53 Å². The second-order valence-corrected chi connectivity index (χ2v) is 7.68. The van der Waals surface area contributed by atoms with Crippen molar-refractivity contribution in [2.45, 2.75) is 24.1 Å². The highest BCUT2D eigenvalue weighted by molar-refractivity contribution is 7.98. The second kappa shape index (κ2) is 9.45. The smallest absolute Gasteiger partial charge is 0.251 e. The molecule has 0 radical (unpaired) electrons. The highest BCUT2D eigenvalue weighted by atomic mass is 32.2. The van der Waals surface area contributed by atoms with E-state index in [0.717, 1.165) is 27.6 Å². The fraction of sp³-hybridized carbons (Fsp3) is 0.174. The van der Waals surface area contributed by atoms with Crippen LogP contribution < -0.4 is 10.1 Å². The Morgan fingerprint density at radius 3 is 2.83 bits per heavy atom. The van der Waals surface area contributed by atoms with E-state index in [-0.39, 0.29) is 5.91 Å². The van der Waals surface area contributed by atoms with Crippen molar-refractivity contribution in [3.05, 3.63) is 90.0 Å². The Balaban J connectivity index is 1.31. The average Bonchev–Trinajstić information content (AvgIpc) is 3.20. The molecule has 0 saturated carbocycles. The number of nitrogens with one attached hydrogen (secondary N) is 1. The maximum atomic E-state index is 12.4. The molecule has 0 spiro atoms. The van der Waals surface area contributed by atoms with Gasteiger partial charge in [-0.3, -0.25) is 4.79 Å². The maximum Gasteiger partial charge on any atom is 0.251 e. The summed E-state index contributed by atoms with van der Waals surface area (Å²) in [7, 11) is 0. The van der Waals surface area contributed by atoms with E-state index in [1.165, 1.54) is 0 Å². The lowest BCUT2D eigenvalue weighted by Gasteiger charge is -2.08. The van der Waals surface area contributed by atoms with Crippen LogP contribution in [-0.4, -0.2) is 26.9 Å². The number of imidazole rings is 1. The number of carbonyl (C=O) groups excluding carboxylic acids is 1. The zero-order chi connectivity index (χ0) is 20.8. The van der Waals surface area contributed by atoms with Gasteiger partial charge in [0.15, 0.2) is 0 Å². The monoisotopic (exact) mass is 418 g/mol. The number of hydrogen-bond donors (Lipinski definition) is 1. The Labute approximate surface area is 179 Å². The third kappa shape index (κ3) is 4.99. The first-order valence-electron chi connectivity index (χ1n) is 9.72. The lowest BCUT2D eigenvalue weighted by Crippen LogP contribution is -2.22. The Kier molecular flexibility index (Phi) is 6.29. The van der Waals surface area contributed by atoms with Gasteiger partial charge < -0.3 is 14.5 Å². The van der Waals surface area contributed by atoms with Crippen molar-refractivity contribution in [3.63, 3.8) is 0 Å². The van der Waals surface area contributed by atoms with Gasteiger partial charge >= 0.3 is 0 Å². The number of fused-ring (bicyclic) bond motifs is 1. The van der Waals surface area contributed by atoms with Crippen LogP contribution in [0.2, 0.25) is 0 Å². The Hall–Kier alpha value is -3.32. The molecule has 0 bridgehead atoms. The number of amides is 1. The van der Waals surface area contributed by atoms with Gasteiger partial charge in [0.05, 0.1) is 12.3 Å². The van der Waals surface area contributed by atoms with Crippen LogP contribution in [0.25, 0.3) is 5.65 Å². The van der Waals surface area contributed by atoms with Crippen molar-refractivity contribution in [1.29, 1.82) is 0 Å². The Morgan fingerprint density at radius 1 is 1.17 bits per heavy atom. The van der Waals surface area contributed by atoms with Gasteiger partial charge in [-0.1, -0.05) is 6.07 Å². The number of ether oxygens (including phenoxy) is 1. The van der Waals surface area contributed by atoms with E-state index in [2.05, 4.69) is 15.3 Å². The van der Waals surface area contributed by atoms with Gasteiger partial charge in [-0.2, -0.15) is 0 Å². The van der Waals surface area contributed by atoms with E-state index in [4.69, 9.17) is 4.74 Å². The molecule has 4 rings (SSSR count). The Morgan fingerprint density at radius 2 is 2.03 bits per heavy atom. The van der Waals surface area contributed by atoms with E-state index in [1.807, 2.05) is 78.3 Å². The minimum Gasteiger partial charge on any atom is -0.478 e. The molecule has 0 unspecified atom stereocenters. The van der Waals surface area contributed by atoms with Crippen molar-refractivity contribution >= 4 is 23.3 Å². The molecule has 0 fully saturated rings. The zero-order valence-electron chi connectivity index (χ0n) is 16.6. The number of benzene rings is 1. The van der Waals surface area contributed by atoms with Crippen LogP contribution in [-0.2, 0) is 12.3 Å². The molecule has 1 N–H and O–H groups in total. The minimum atomic E-state index is -0.110. The molecule has 3 aromatic heterocycles. The molecule has 4 aromatic rings. The SMILES string of the molecule is CCOc1cc(CNC(=O)c2ccc(SCc3cn4ccccc4n3)cc2)ccn1. The molecule has 0 aliphatic rings. The summed E-state index contributed by atoms with van der Waals surface area (Å²) in [5.41, 5.74) is 3.55. The largest absolute Gasteiger partial charge is 0.478 e. The average molecular weight is 419 g/mol. The highest BCUT2D eigenvalue weighted by Gasteiger charge is 2.07. The molecule has 0 aliphatic heterocycles. The van der Waals surface area contributed by atoms with Gasteiger partial charge in [-0.25, -0.2) is 9.97 Å². The summed E-state index contributed by atoms with van der Waals surface area (Å²) in [4.78, 5) is 22.3. The van der Waals surface area contributed by atoms with E-state index in [9.17, 15) is 4.79 Å². The molecule has 0 atom stereocenters. The van der Waals surface area contributed by atoms with Crippen molar-refractivity contribution in [2.24, 2.45) is 0 Å². The lowest BCUT2D eigenvalue weighted by atomic mass is 10.2. The van der Waals surface area contributed by atoms with E-state index in [0.29, 0.717) is 24.6 Å². The summed E-state index contributed by atoms with van der Waals surface area (Å²) in [6.45, 7) is 2.89. The van der Waals surface area contributed by atoms with Crippen LogP contribution in [0.3, 0.4) is 0 Å². The fourth-order valence-electron chi connectivity index (χ4n) is 2.99. The molecule has 7 heteroatoms. The Bertz CT molecular complexity index is 1110. The molecule has 30 heavy (non-hydrogen) atoms. The first kappa shape index (κ1) is 20.0. The number of carbonyl (C=O) groups is 1. The van der Waals surface area contributed by atoms with Crippen molar-refractivity contribution in [1.82, 2.24) is 19.7 Å². The molecule has 1 amide bonds. The van der Waals surface area contributed by atoms with Gasteiger partial charge in [-0.05, 0) is 55.0 Å². The number of pyridine rings is 2. The van der Waals surface area contributed by atoms with Gasteiger partial charge in [0.2, 0.25) is 5.88 Å². The summed E-state index contributed by atoms with van der Waals surface area (Å²) in [6, 6.07) is 17.3. The normalized spacial score (nSPS) is 10.8. The summed E-state index contributed by atoms with van der Waals surface area (Å²) in [6.07, 6.45) is 5.72. The second-order valence-electron chi connectivity index (χ2n) is 6.63. The third-order valence-electron chi connectivity index (χ3n) is 4.46. The predicted molar refractivity (Wildman–Crippen MR) is 118 cm³/mol. The number of hydrogen-bond acceptors (Lipinski definition) is 5. The van der Waals surface area contributed by atoms with Crippen LogP contribution in [0.15, 0.2) is 78.1 Å². The molecule has 3 heterocycles. The summed E-state index contributed by atoms with van der Waals surface area (Å²) in [5, 5.41) is 2.93. The van der Waals surface area contributed by atoms with Gasteiger partial charge in [0.25, 0.3) is 5.91 Å². The molecular weight excluding hydrogens is 396 g/mol. The first-order chi connectivity index (χ1) is 14.7. The fourth-order valence-corrected chi connectivity index (χ4v) is 3.77. The van der Waals surface area contributed by atoms with E-state index >= 15 is 0 Å². The third-order valence-corrected chi connectivity index (χ3v) is 5.51. The summed E-state index contributed by atoms with van der Waals surface area (Å²) < 4.78 is 7.41. The highest BCUT2D eigenvalue weighted by Crippen LogP contribution is 2.23. The van der Waals surface area contributed by atoms with E-state index < -0.39 is 0 Å². The van der Waals surface area contributed by atoms with E-state index in [1.54, 1.807) is 18.0 Å². The van der Waals surface area contributed by atoms with Crippen molar-refractivity contribution in [3.8, 4) is 5.88 Å². The molecule has 0 aliphatic carbocycles. The van der Waals surface area contributed by atoms with Crippen LogP contribution in [0.5, 0.6) is 5.88 Å². The maximum absolute atomic E-state index is 12.4. The molecule has 6 nitrogen and oxygen atoms in total. The van der Waals surface area contributed by atoms with Crippen molar-refractivity contribution in [2.75, 3.05) is 6.61 Å². The standard InChI is InChI=1S/C23H22N4O2S/c1-2-29-22-13-17(10-11-24-22)14-25-23(28)18-6-8-20(9-7-18)30-16-19-15-27-12-4-3-5-21(27)26-19/h3-13,15H,2,14,16H2,1H3,(H,25,28). The number of nitrogens with zero attached hydrogens (tertiary/aromatic N) is 3. The number of aromatic nitrogens is 3. The van der Waals surface area contributed by atoms with Gasteiger partial charge in [0.1, 0.15) is 5.65 Å². The first-order valence-corrected chi connectivity index (χ1v) is 10.7. The summed E-state index contributed by atoms with van der Waals surface area (Å²) >= 11 is 1.70. The predicted octanol–water partition coefficient (Wildman–Crippen LogP) is 4.35. The molecule has 1 aromatic carbocycles. The summed E-state index contributed by atoms with van der Waals surface area (Å²) in [5.74, 6) is 1.23. The quantitative estimate of drug-likeness (QED) is 0.431. The van der Waals surface area contributed by atoms with Crippen LogP contribution in [0.4, 0.5) is 0 Å². The number of thioether (sulfide) groups is 1. The molecule has 152 valence electrons. The number of rotatable bonds is 8. The zero-order valence-corrected chi connectivity index (χ0v) is 17.4. The van der Waals surface area contributed by atoms with Gasteiger partial charge in [0, 0.05) is 47.4 Å². The lowest BCUT2D eigenvalue weighted by molar-refractivity contribution is 0.0950. The minimum absolute atomic E-state index is 0.110. The van der Waals surface area contributed by atoms with Crippen LogP contribution in [0.1, 0.15) is 28.5 Å².